The molecule has 0 unspecified atom stereocenters. The Morgan fingerprint density at radius 2 is 2.13 bits per heavy atom. The summed E-state index contributed by atoms with van der Waals surface area (Å²) in [5.74, 6) is 0.0612. The van der Waals surface area contributed by atoms with Crippen molar-refractivity contribution in [2.45, 2.75) is 50.2 Å². The number of ether oxygens (including phenoxy) is 2. The van der Waals surface area contributed by atoms with E-state index in [0.717, 1.165) is 25.0 Å². The van der Waals surface area contributed by atoms with Crippen LogP contribution in [0.4, 0.5) is 0 Å². The fraction of sp³-hybridized carbons (Fsp3) is 0.611. The molecular weight excluding hydrogens is 314 g/mol. The molecule has 2 aliphatic rings. The molecular formula is C18H24ClNO3. The van der Waals surface area contributed by atoms with E-state index in [-0.39, 0.29) is 18.1 Å². The molecule has 2 aliphatic heterocycles. The number of halogens is 1. The maximum absolute atomic E-state index is 13.1. The van der Waals surface area contributed by atoms with Crippen molar-refractivity contribution in [1.82, 2.24) is 5.32 Å². The van der Waals surface area contributed by atoms with Crippen molar-refractivity contribution in [1.29, 1.82) is 0 Å². The molecule has 0 saturated carbocycles. The lowest BCUT2D eigenvalue weighted by Crippen LogP contribution is -2.52. The van der Waals surface area contributed by atoms with Gasteiger partial charge in [0.15, 0.2) is 0 Å². The zero-order chi connectivity index (χ0) is 16.3. The van der Waals surface area contributed by atoms with Crippen molar-refractivity contribution in [3.63, 3.8) is 0 Å². The van der Waals surface area contributed by atoms with E-state index in [9.17, 15) is 4.79 Å². The normalized spacial score (nSPS) is 25.0. The van der Waals surface area contributed by atoms with Crippen LogP contribution in [0.1, 0.15) is 38.2 Å². The fourth-order valence-corrected chi connectivity index (χ4v) is 3.78. The molecule has 0 aromatic heterocycles. The standard InChI is InChI=1S/C18H24ClNO3/c1-13(16-6-3-9-23-16)20-17(21)18(7-10-22-11-8-18)14-4-2-5-15(19)12-14/h2,4-5,12-13,16H,3,6-11H2,1H3,(H,20,21)/t13-,16+/m1/s1. The van der Waals surface area contributed by atoms with Crippen molar-refractivity contribution < 1.29 is 14.3 Å². The number of hydrogen-bond acceptors (Lipinski definition) is 3. The molecule has 126 valence electrons. The number of amides is 1. The quantitative estimate of drug-likeness (QED) is 0.918. The van der Waals surface area contributed by atoms with Gasteiger partial charge in [0.2, 0.25) is 5.91 Å². The Morgan fingerprint density at radius 3 is 2.78 bits per heavy atom. The first kappa shape index (κ1) is 16.7. The molecule has 1 aromatic rings. The Bertz CT molecular complexity index is 551. The molecule has 2 atom stereocenters. The highest BCUT2D eigenvalue weighted by molar-refractivity contribution is 6.30. The molecule has 0 bridgehead atoms. The molecule has 1 amide bonds. The molecule has 2 heterocycles. The highest BCUT2D eigenvalue weighted by Crippen LogP contribution is 2.36. The predicted molar refractivity (Wildman–Crippen MR) is 89.8 cm³/mol. The lowest BCUT2D eigenvalue weighted by atomic mass is 9.73. The lowest BCUT2D eigenvalue weighted by molar-refractivity contribution is -0.132. The van der Waals surface area contributed by atoms with Gasteiger partial charge >= 0.3 is 0 Å². The molecule has 2 saturated heterocycles. The topological polar surface area (TPSA) is 47.6 Å². The summed E-state index contributed by atoms with van der Waals surface area (Å²) in [4.78, 5) is 13.1. The summed E-state index contributed by atoms with van der Waals surface area (Å²) >= 11 is 6.16. The van der Waals surface area contributed by atoms with Gasteiger partial charge in [0.1, 0.15) is 0 Å². The van der Waals surface area contributed by atoms with Crippen molar-refractivity contribution in [2.24, 2.45) is 0 Å². The van der Waals surface area contributed by atoms with Crippen LogP contribution in [0.15, 0.2) is 24.3 Å². The Labute approximate surface area is 142 Å². The Balaban J connectivity index is 1.81. The first-order valence-corrected chi connectivity index (χ1v) is 8.76. The van der Waals surface area contributed by atoms with Crippen LogP contribution in [0.3, 0.4) is 0 Å². The molecule has 1 aromatic carbocycles. The third kappa shape index (κ3) is 3.54. The molecule has 2 fully saturated rings. The van der Waals surface area contributed by atoms with Gasteiger partial charge in [0, 0.05) is 24.8 Å². The van der Waals surface area contributed by atoms with Gasteiger partial charge in [-0.05, 0) is 50.3 Å². The molecule has 23 heavy (non-hydrogen) atoms. The zero-order valence-electron chi connectivity index (χ0n) is 13.5. The average molecular weight is 338 g/mol. The largest absolute Gasteiger partial charge is 0.381 e. The van der Waals surface area contributed by atoms with Gasteiger partial charge < -0.3 is 14.8 Å². The average Bonchev–Trinajstić information content (AvgIpc) is 3.10. The molecule has 4 nitrogen and oxygen atoms in total. The predicted octanol–water partition coefficient (Wildman–Crippen LogP) is 3.07. The zero-order valence-corrected chi connectivity index (χ0v) is 14.3. The monoisotopic (exact) mass is 337 g/mol. The van der Waals surface area contributed by atoms with Crippen LogP contribution in [0, 0.1) is 0 Å². The van der Waals surface area contributed by atoms with Crippen LogP contribution in [0.5, 0.6) is 0 Å². The van der Waals surface area contributed by atoms with E-state index in [1.54, 1.807) is 0 Å². The van der Waals surface area contributed by atoms with Crippen LogP contribution >= 0.6 is 11.6 Å². The Kier molecular flexibility index (Phi) is 5.24. The Morgan fingerprint density at radius 1 is 1.35 bits per heavy atom. The van der Waals surface area contributed by atoms with Gasteiger partial charge in [-0.15, -0.1) is 0 Å². The van der Waals surface area contributed by atoms with Crippen molar-refractivity contribution in [2.75, 3.05) is 19.8 Å². The van der Waals surface area contributed by atoms with Gasteiger partial charge in [-0.25, -0.2) is 0 Å². The van der Waals surface area contributed by atoms with Crippen LogP contribution in [-0.4, -0.2) is 37.9 Å². The minimum Gasteiger partial charge on any atom is -0.381 e. The third-order valence-electron chi connectivity index (χ3n) is 5.04. The summed E-state index contributed by atoms with van der Waals surface area (Å²) in [6.07, 6.45) is 3.55. The van der Waals surface area contributed by atoms with Crippen LogP contribution in [-0.2, 0) is 19.7 Å². The van der Waals surface area contributed by atoms with Gasteiger partial charge in [-0.3, -0.25) is 4.79 Å². The van der Waals surface area contributed by atoms with Crippen molar-refractivity contribution >= 4 is 17.5 Å². The number of rotatable bonds is 4. The number of carbonyl (C=O) groups excluding carboxylic acids is 1. The van der Waals surface area contributed by atoms with Gasteiger partial charge in [0.25, 0.3) is 0 Å². The summed E-state index contributed by atoms with van der Waals surface area (Å²) < 4.78 is 11.2. The smallest absolute Gasteiger partial charge is 0.231 e. The summed E-state index contributed by atoms with van der Waals surface area (Å²) in [5.41, 5.74) is 0.418. The second-order valence-corrected chi connectivity index (χ2v) is 6.95. The van der Waals surface area contributed by atoms with Gasteiger partial charge in [-0.1, -0.05) is 23.7 Å². The Hall–Kier alpha value is -1.10. The summed E-state index contributed by atoms with van der Waals surface area (Å²) in [6.45, 7) is 4.00. The van der Waals surface area contributed by atoms with Crippen LogP contribution in [0.2, 0.25) is 5.02 Å². The number of hydrogen-bond donors (Lipinski definition) is 1. The summed E-state index contributed by atoms with van der Waals surface area (Å²) in [6, 6.07) is 7.66. The number of benzene rings is 1. The summed E-state index contributed by atoms with van der Waals surface area (Å²) in [5, 5.41) is 3.85. The molecule has 3 rings (SSSR count). The third-order valence-corrected chi connectivity index (χ3v) is 5.27. The van der Waals surface area contributed by atoms with E-state index in [4.69, 9.17) is 21.1 Å². The van der Waals surface area contributed by atoms with Crippen LogP contribution < -0.4 is 5.32 Å². The first-order chi connectivity index (χ1) is 11.1. The van der Waals surface area contributed by atoms with Gasteiger partial charge in [-0.2, -0.15) is 0 Å². The fourth-order valence-electron chi connectivity index (χ4n) is 3.59. The van der Waals surface area contributed by atoms with Crippen molar-refractivity contribution in [3.05, 3.63) is 34.9 Å². The summed E-state index contributed by atoms with van der Waals surface area (Å²) in [7, 11) is 0. The van der Waals surface area contributed by atoms with Crippen LogP contribution in [0.25, 0.3) is 0 Å². The van der Waals surface area contributed by atoms with E-state index in [0.29, 0.717) is 31.1 Å². The molecule has 5 heteroatoms. The minimum atomic E-state index is -0.560. The lowest BCUT2D eigenvalue weighted by Gasteiger charge is -2.37. The maximum atomic E-state index is 13.1. The van der Waals surface area contributed by atoms with E-state index >= 15 is 0 Å². The second-order valence-electron chi connectivity index (χ2n) is 6.52. The molecule has 1 N–H and O–H groups in total. The SMILES string of the molecule is C[C@@H](NC(=O)C1(c2cccc(Cl)c2)CCOCC1)[C@@H]1CCCO1. The second kappa shape index (κ2) is 7.20. The first-order valence-electron chi connectivity index (χ1n) is 8.38. The minimum absolute atomic E-state index is 0.0175. The van der Waals surface area contributed by atoms with E-state index in [1.807, 2.05) is 31.2 Å². The number of nitrogens with one attached hydrogen (secondary N) is 1. The van der Waals surface area contributed by atoms with E-state index < -0.39 is 5.41 Å². The maximum Gasteiger partial charge on any atom is 0.231 e. The number of carbonyl (C=O) groups is 1. The van der Waals surface area contributed by atoms with E-state index in [2.05, 4.69) is 5.32 Å². The van der Waals surface area contributed by atoms with E-state index in [1.165, 1.54) is 0 Å². The van der Waals surface area contributed by atoms with Gasteiger partial charge in [0.05, 0.1) is 17.6 Å². The van der Waals surface area contributed by atoms with Crippen molar-refractivity contribution in [3.8, 4) is 0 Å². The highest BCUT2D eigenvalue weighted by Gasteiger charge is 2.42. The highest BCUT2D eigenvalue weighted by atomic mass is 35.5. The molecule has 0 spiro atoms. The molecule has 0 aliphatic carbocycles. The molecule has 0 radical (unpaired) electrons.